The van der Waals surface area contributed by atoms with Gasteiger partial charge in [-0.1, -0.05) is 6.92 Å². The smallest absolute Gasteiger partial charge is 0.0735 e. The van der Waals surface area contributed by atoms with E-state index >= 15 is 0 Å². The van der Waals surface area contributed by atoms with Crippen molar-refractivity contribution in [1.82, 2.24) is 15.1 Å². The molecule has 0 radical (unpaired) electrons. The van der Waals surface area contributed by atoms with Crippen LogP contribution in [0, 0.1) is 0 Å². The summed E-state index contributed by atoms with van der Waals surface area (Å²) in [6.07, 6.45) is 9.33. The molecule has 1 aliphatic heterocycles. The van der Waals surface area contributed by atoms with Gasteiger partial charge in [0.05, 0.1) is 18.4 Å². The van der Waals surface area contributed by atoms with Gasteiger partial charge in [0.1, 0.15) is 0 Å². The molecule has 2 rings (SSSR count). The van der Waals surface area contributed by atoms with Crippen LogP contribution in [-0.4, -0.2) is 34.6 Å². The lowest BCUT2D eigenvalue weighted by Crippen LogP contribution is -2.42. The summed E-state index contributed by atoms with van der Waals surface area (Å²) in [5.74, 6) is 0. The monoisotopic (exact) mass is 251 g/mol. The molecular formula is C14H25N3O. The summed E-state index contributed by atoms with van der Waals surface area (Å²) >= 11 is 0. The standard InChI is InChI=1S/C14H25N3O/c1-4-7-15-13(14-6-5-11(2)18-14)8-12-9-16-17(3)10-12/h9-11,13-15H,4-8H2,1-3H3. The Hall–Kier alpha value is -0.870. The maximum absolute atomic E-state index is 6.01. The van der Waals surface area contributed by atoms with Crippen molar-refractivity contribution in [2.45, 2.75) is 57.8 Å². The van der Waals surface area contributed by atoms with Crippen LogP contribution in [0.2, 0.25) is 0 Å². The van der Waals surface area contributed by atoms with E-state index in [4.69, 9.17) is 4.74 Å². The second-order valence-electron chi connectivity index (χ2n) is 5.35. The first-order chi connectivity index (χ1) is 8.69. The van der Waals surface area contributed by atoms with Crippen molar-refractivity contribution >= 4 is 0 Å². The van der Waals surface area contributed by atoms with Gasteiger partial charge in [-0.2, -0.15) is 5.10 Å². The number of aromatic nitrogens is 2. The van der Waals surface area contributed by atoms with Gasteiger partial charge in [0, 0.05) is 19.3 Å². The molecule has 1 fully saturated rings. The molecule has 0 aliphatic carbocycles. The van der Waals surface area contributed by atoms with E-state index in [1.165, 1.54) is 18.4 Å². The molecule has 18 heavy (non-hydrogen) atoms. The third kappa shape index (κ3) is 3.56. The summed E-state index contributed by atoms with van der Waals surface area (Å²) in [4.78, 5) is 0. The maximum atomic E-state index is 6.01. The van der Waals surface area contributed by atoms with Crippen molar-refractivity contribution in [2.24, 2.45) is 7.05 Å². The molecule has 0 bridgehead atoms. The predicted octanol–water partition coefficient (Wildman–Crippen LogP) is 1.90. The molecule has 102 valence electrons. The molecule has 0 saturated carbocycles. The van der Waals surface area contributed by atoms with Gasteiger partial charge < -0.3 is 10.1 Å². The van der Waals surface area contributed by atoms with E-state index in [2.05, 4.69) is 30.5 Å². The van der Waals surface area contributed by atoms with Crippen LogP contribution >= 0.6 is 0 Å². The third-order valence-corrected chi connectivity index (χ3v) is 3.58. The summed E-state index contributed by atoms with van der Waals surface area (Å²) in [5.41, 5.74) is 1.29. The highest BCUT2D eigenvalue weighted by molar-refractivity contribution is 5.07. The molecule has 2 heterocycles. The van der Waals surface area contributed by atoms with E-state index in [9.17, 15) is 0 Å². The van der Waals surface area contributed by atoms with Crippen LogP contribution in [0.3, 0.4) is 0 Å². The molecule has 1 saturated heterocycles. The quantitative estimate of drug-likeness (QED) is 0.839. The molecule has 1 N–H and O–H groups in total. The summed E-state index contributed by atoms with van der Waals surface area (Å²) in [6.45, 7) is 5.42. The number of rotatable bonds is 6. The van der Waals surface area contributed by atoms with Gasteiger partial charge in [-0.25, -0.2) is 0 Å². The van der Waals surface area contributed by atoms with Gasteiger partial charge >= 0.3 is 0 Å². The van der Waals surface area contributed by atoms with E-state index < -0.39 is 0 Å². The highest BCUT2D eigenvalue weighted by atomic mass is 16.5. The highest BCUT2D eigenvalue weighted by Gasteiger charge is 2.29. The molecule has 3 unspecified atom stereocenters. The molecule has 0 aromatic carbocycles. The Labute approximate surface area is 110 Å². The minimum Gasteiger partial charge on any atom is -0.374 e. The molecule has 1 aromatic rings. The second kappa shape index (κ2) is 6.34. The number of nitrogens with zero attached hydrogens (tertiary/aromatic N) is 2. The van der Waals surface area contributed by atoms with Gasteiger partial charge in [0.15, 0.2) is 0 Å². The average molecular weight is 251 g/mol. The van der Waals surface area contributed by atoms with Crippen LogP contribution in [0.4, 0.5) is 0 Å². The van der Waals surface area contributed by atoms with Crippen LogP contribution in [0.15, 0.2) is 12.4 Å². The summed E-state index contributed by atoms with van der Waals surface area (Å²) in [6, 6.07) is 0.416. The van der Waals surface area contributed by atoms with E-state index in [-0.39, 0.29) is 0 Å². The fraction of sp³-hybridized carbons (Fsp3) is 0.786. The van der Waals surface area contributed by atoms with Crippen molar-refractivity contribution in [1.29, 1.82) is 0 Å². The fourth-order valence-electron chi connectivity index (χ4n) is 2.63. The highest BCUT2D eigenvalue weighted by Crippen LogP contribution is 2.23. The zero-order chi connectivity index (χ0) is 13.0. The molecule has 3 atom stereocenters. The normalized spacial score (nSPS) is 25.5. The van der Waals surface area contributed by atoms with Crippen LogP contribution < -0.4 is 5.32 Å². The number of hydrogen-bond donors (Lipinski definition) is 1. The van der Waals surface area contributed by atoms with Gasteiger partial charge in [-0.3, -0.25) is 4.68 Å². The number of ether oxygens (including phenoxy) is 1. The Bertz CT molecular complexity index is 364. The Morgan fingerprint density at radius 2 is 2.39 bits per heavy atom. The van der Waals surface area contributed by atoms with Crippen molar-refractivity contribution in [3.05, 3.63) is 18.0 Å². The molecule has 1 aromatic heterocycles. The number of aryl methyl sites for hydroxylation is 1. The summed E-state index contributed by atoms with van der Waals surface area (Å²) in [7, 11) is 1.96. The fourth-order valence-corrected chi connectivity index (χ4v) is 2.63. The van der Waals surface area contributed by atoms with Crippen molar-refractivity contribution in [2.75, 3.05) is 6.54 Å². The lowest BCUT2D eigenvalue weighted by atomic mass is 10.0. The minimum absolute atomic E-state index is 0.353. The lowest BCUT2D eigenvalue weighted by molar-refractivity contribution is 0.0321. The molecular weight excluding hydrogens is 226 g/mol. The van der Waals surface area contributed by atoms with Crippen molar-refractivity contribution in [3.8, 4) is 0 Å². The van der Waals surface area contributed by atoms with E-state index in [0.29, 0.717) is 18.2 Å². The summed E-state index contributed by atoms with van der Waals surface area (Å²) < 4.78 is 7.88. The Kier molecular flexibility index (Phi) is 4.78. The lowest BCUT2D eigenvalue weighted by Gasteiger charge is -2.24. The molecule has 4 heteroatoms. The molecule has 0 spiro atoms. The Morgan fingerprint density at radius 1 is 1.56 bits per heavy atom. The third-order valence-electron chi connectivity index (χ3n) is 3.58. The topological polar surface area (TPSA) is 39.1 Å². The predicted molar refractivity (Wildman–Crippen MR) is 72.6 cm³/mol. The van der Waals surface area contributed by atoms with E-state index in [1.54, 1.807) is 0 Å². The SMILES string of the molecule is CCCNC(Cc1cnn(C)c1)C1CCC(C)O1. The van der Waals surface area contributed by atoms with Crippen LogP contribution in [0.1, 0.15) is 38.7 Å². The molecule has 4 nitrogen and oxygen atoms in total. The zero-order valence-electron chi connectivity index (χ0n) is 11.7. The van der Waals surface area contributed by atoms with Gasteiger partial charge in [-0.05, 0) is 44.7 Å². The minimum atomic E-state index is 0.353. The first-order valence-electron chi connectivity index (χ1n) is 7.05. The zero-order valence-corrected chi connectivity index (χ0v) is 11.7. The van der Waals surface area contributed by atoms with Crippen molar-refractivity contribution < 1.29 is 4.74 Å². The first-order valence-corrected chi connectivity index (χ1v) is 7.05. The maximum Gasteiger partial charge on any atom is 0.0735 e. The Morgan fingerprint density at radius 3 is 2.94 bits per heavy atom. The first kappa shape index (κ1) is 13.6. The van der Waals surface area contributed by atoms with Crippen LogP contribution in [0.25, 0.3) is 0 Å². The second-order valence-corrected chi connectivity index (χ2v) is 5.35. The van der Waals surface area contributed by atoms with Gasteiger partial charge in [0.2, 0.25) is 0 Å². The van der Waals surface area contributed by atoms with E-state index in [0.717, 1.165) is 19.4 Å². The largest absolute Gasteiger partial charge is 0.374 e. The Balaban J connectivity index is 1.96. The number of hydrogen-bond acceptors (Lipinski definition) is 3. The van der Waals surface area contributed by atoms with Crippen LogP contribution in [-0.2, 0) is 18.2 Å². The van der Waals surface area contributed by atoms with Gasteiger partial charge in [0.25, 0.3) is 0 Å². The van der Waals surface area contributed by atoms with Crippen LogP contribution in [0.5, 0.6) is 0 Å². The summed E-state index contributed by atoms with van der Waals surface area (Å²) in [5, 5.41) is 7.87. The number of nitrogens with one attached hydrogen (secondary N) is 1. The average Bonchev–Trinajstić information content (AvgIpc) is 2.93. The van der Waals surface area contributed by atoms with E-state index in [1.807, 2.05) is 17.9 Å². The molecule has 0 amide bonds. The molecule has 1 aliphatic rings. The van der Waals surface area contributed by atoms with Gasteiger partial charge in [-0.15, -0.1) is 0 Å². The van der Waals surface area contributed by atoms with Crippen molar-refractivity contribution in [3.63, 3.8) is 0 Å².